The zero-order valence-corrected chi connectivity index (χ0v) is 14.5. The lowest BCUT2D eigenvalue weighted by molar-refractivity contribution is 0.296. The van der Waals surface area contributed by atoms with Crippen molar-refractivity contribution in [3.8, 4) is 28.8 Å². The average Bonchev–Trinajstić information content (AvgIpc) is 2.55. The lowest BCUT2D eigenvalue weighted by Crippen LogP contribution is -2.05. The van der Waals surface area contributed by atoms with Crippen LogP contribution < -0.4 is 20.9 Å². The van der Waals surface area contributed by atoms with E-state index in [0.717, 1.165) is 0 Å². The molecule has 0 atom stereocenters. The van der Waals surface area contributed by atoms with Crippen molar-refractivity contribution in [2.24, 2.45) is 0 Å². The van der Waals surface area contributed by atoms with Gasteiger partial charge in [0.05, 0.1) is 12.3 Å². The SMILES string of the molecule is CCOc1cc(-c2nc(N)nc(N)c2C#N)ccc1OCC=C(C)C. The smallest absolute Gasteiger partial charge is 0.222 e. The summed E-state index contributed by atoms with van der Waals surface area (Å²) >= 11 is 0. The van der Waals surface area contributed by atoms with Gasteiger partial charge in [-0.2, -0.15) is 10.2 Å². The first-order valence-corrected chi connectivity index (χ1v) is 7.82. The molecule has 0 radical (unpaired) electrons. The summed E-state index contributed by atoms with van der Waals surface area (Å²) in [5, 5.41) is 9.33. The van der Waals surface area contributed by atoms with Gasteiger partial charge in [-0.15, -0.1) is 0 Å². The number of allylic oxidation sites excluding steroid dienone is 1. The lowest BCUT2D eigenvalue weighted by Gasteiger charge is -2.13. The first-order valence-electron chi connectivity index (χ1n) is 7.82. The molecular weight excluding hydrogens is 318 g/mol. The number of nitrogens with two attached hydrogens (primary N) is 2. The van der Waals surface area contributed by atoms with E-state index in [1.54, 1.807) is 18.2 Å². The third-order valence-electron chi connectivity index (χ3n) is 3.31. The molecule has 1 aromatic heterocycles. The van der Waals surface area contributed by atoms with Crippen LogP contribution in [-0.4, -0.2) is 23.2 Å². The van der Waals surface area contributed by atoms with Crippen LogP contribution in [0.4, 0.5) is 11.8 Å². The number of benzene rings is 1. The Hall–Kier alpha value is -3.27. The number of nitrogens with zero attached hydrogens (tertiary/aromatic N) is 3. The van der Waals surface area contributed by atoms with E-state index in [1.165, 1.54) is 5.57 Å². The van der Waals surface area contributed by atoms with E-state index >= 15 is 0 Å². The molecule has 7 nitrogen and oxygen atoms in total. The molecule has 0 unspecified atom stereocenters. The summed E-state index contributed by atoms with van der Waals surface area (Å²) in [7, 11) is 0. The van der Waals surface area contributed by atoms with E-state index in [-0.39, 0.29) is 17.3 Å². The second-order valence-electron chi connectivity index (χ2n) is 5.49. The molecule has 0 spiro atoms. The average molecular weight is 339 g/mol. The Balaban J connectivity index is 2.46. The maximum absolute atomic E-state index is 9.33. The summed E-state index contributed by atoms with van der Waals surface area (Å²) in [6.07, 6.45) is 1.98. The van der Waals surface area contributed by atoms with Gasteiger partial charge in [-0.3, -0.25) is 0 Å². The monoisotopic (exact) mass is 339 g/mol. The number of hydrogen-bond acceptors (Lipinski definition) is 7. The zero-order valence-electron chi connectivity index (χ0n) is 14.5. The van der Waals surface area contributed by atoms with Crippen molar-refractivity contribution in [1.29, 1.82) is 5.26 Å². The van der Waals surface area contributed by atoms with Crippen molar-refractivity contribution in [3.05, 3.63) is 35.4 Å². The highest BCUT2D eigenvalue weighted by Crippen LogP contribution is 2.34. The van der Waals surface area contributed by atoms with Crippen LogP contribution >= 0.6 is 0 Å². The minimum atomic E-state index is 0.00773. The third-order valence-corrected chi connectivity index (χ3v) is 3.31. The van der Waals surface area contributed by atoms with Gasteiger partial charge in [0, 0.05) is 5.56 Å². The standard InChI is InChI=1S/C18H21N5O2/c1-4-24-15-9-12(5-6-14(15)25-8-7-11(2)3)16-13(10-19)17(20)23-18(21)22-16/h5-7,9H,4,8H2,1-3H3,(H4,20,21,22,23). The Morgan fingerprint density at radius 2 is 1.96 bits per heavy atom. The van der Waals surface area contributed by atoms with Crippen molar-refractivity contribution < 1.29 is 9.47 Å². The van der Waals surface area contributed by atoms with Gasteiger partial charge >= 0.3 is 0 Å². The summed E-state index contributed by atoms with van der Waals surface area (Å²) < 4.78 is 11.4. The number of nitriles is 1. The molecule has 4 N–H and O–H groups in total. The van der Waals surface area contributed by atoms with Crippen molar-refractivity contribution in [1.82, 2.24) is 9.97 Å². The van der Waals surface area contributed by atoms with E-state index < -0.39 is 0 Å². The highest BCUT2D eigenvalue weighted by atomic mass is 16.5. The Morgan fingerprint density at radius 1 is 1.20 bits per heavy atom. The van der Waals surface area contributed by atoms with Gasteiger partial charge in [0.1, 0.15) is 24.1 Å². The predicted molar refractivity (Wildman–Crippen MR) is 97.1 cm³/mol. The molecule has 0 aliphatic rings. The number of rotatable bonds is 6. The Kier molecular flexibility index (Phi) is 5.79. The van der Waals surface area contributed by atoms with Crippen LogP contribution in [0.1, 0.15) is 26.3 Å². The van der Waals surface area contributed by atoms with E-state index in [0.29, 0.717) is 36.0 Å². The van der Waals surface area contributed by atoms with Gasteiger partial charge in [-0.25, -0.2) is 4.98 Å². The van der Waals surface area contributed by atoms with Crippen molar-refractivity contribution in [3.63, 3.8) is 0 Å². The summed E-state index contributed by atoms with van der Waals surface area (Å²) in [4.78, 5) is 7.97. The summed E-state index contributed by atoms with van der Waals surface area (Å²) in [5.41, 5.74) is 13.8. The number of aromatic nitrogens is 2. The van der Waals surface area contributed by atoms with Crippen LogP contribution in [0.5, 0.6) is 11.5 Å². The van der Waals surface area contributed by atoms with Crippen molar-refractivity contribution in [2.45, 2.75) is 20.8 Å². The van der Waals surface area contributed by atoms with Crippen molar-refractivity contribution >= 4 is 11.8 Å². The minimum absolute atomic E-state index is 0.00773. The van der Waals surface area contributed by atoms with E-state index in [2.05, 4.69) is 9.97 Å². The quantitative estimate of drug-likeness (QED) is 0.776. The van der Waals surface area contributed by atoms with Gasteiger partial charge in [0.15, 0.2) is 11.5 Å². The van der Waals surface area contributed by atoms with E-state index in [1.807, 2.05) is 32.9 Å². The molecular formula is C18H21N5O2. The molecule has 0 aliphatic heterocycles. The molecule has 130 valence electrons. The highest BCUT2D eigenvalue weighted by molar-refractivity contribution is 5.74. The van der Waals surface area contributed by atoms with Crippen LogP contribution in [-0.2, 0) is 0 Å². The van der Waals surface area contributed by atoms with Crippen LogP contribution in [0.15, 0.2) is 29.8 Å². The fourth-order valence-electron chi connectivity index (χ4n) is 2.16. The molecule has 0 saturated heterocycles. The van der Waals surface area contributed by atoms with Gasteiger partial charge < -0.3 is 20.9 Å². The van der Waals surface area contributed by atoms with E-state index in [4.69, 9.17) is 20.9 Å². The molecule has 1 aromatic carbocycles. The van der Waals surface area contributed by atoms with Crippen LogP contribution in [0.3, 0.4) is 0 Å². The fraction of sp³-hybridized carbons (Fsp3) is 0.278. The molecule has 0 bridgehead atoms. The van der Waals surface area contributed by atoms with Crippen LogP contribution in [0.2, 0.25) is 0 Å². The topological polar surface area (TPSA) is 120 Å². The molecule has 0 aliphatic carbocycles. The lowest BCUT2D eigenvalue weighted by atomic mass is 10.1. The predicted octanol–water partition coefficient (Wildman–Crippen LogP) is 2.92. The minimum Gasteiger partial charge on any atom is -0.490 e. The van der Waals surface area contributed by atoms with Crippen LogP contribution in [0.25, 0.3) is 11.3 Å². The Bertz CT molecular complexity index is 836. The van der Waals surface area contributed by atoms with Gasteiger partial charge in [0.2, 0.25) is 5.95 Å². The van der Waals surface area contributed by atoms with Gasteiger partial charge in [-0.1, -0.05) is 5.57 Å². The fourth-order valence-corrected chi connectivity index (χ4v) is 2.16. The normalized spacial score (nSPS) is 10.0. The summed E-state index contributed by atoms with van der Waals surface area (Å²) in [5.74, 6) is 1.22. The highest BCUT2D eigenvalue weighted by Gasteiger charge is 2.15. The van der Waals surface area contributed by atoms with E-state index in [9.17, 15) is 5.26 Å². The number of hydrogen-bond donors (Lipinski definition) is 2. The first kappa shape index (κ1) is 18.1. The molecule has 2 aromatic rings. The van der Waals surface area contributed by atoms with Gasteiger partial charge in [0.25, 0.3) is 0 Å². The number of ether oxygens (including phenoxy) is 2. The molecule has 1 heterocycles. The Morgan fingerprint density at radius 3 is 2.60 bits per heavy atom. The summed E-state index contributed by atoms with van der Waals surface area (Å²) in [6.45, 7) is 6.81. The maximum atomic E-state index is 9.33. The van der Waals surface area contributed by atoms with Gasteiger partial charge in [-0.05, 0) is 45.0 Å². The zero-order chi connectivity index (χ0) is 18.4. The second kappa shape index (κ2) is 8.02. The third kappa shape index (κ3) is 4.38. The largest absolute Gasteiger partial charge is 0.490 e. The maximum Gasteiger partial charge on any atom is 0.222 e. The summed E-state index contributed by atoms with van der Waals surface area (Å²) in [6, 6.07) is 7.32. The van der Waals surface area contributed by atoms with Crippen LogP contribution in [0, 0.1) is 11.3 Å². The molecule has 7 heteroatoms. The Labute approximate surface area is 146 Å². The molecule has 0 amide bonds. The van der Waals surface area contributed by atoms with Crippen molar-refractivity contribution in [2.75, 3.05) is 24.7 Å². The molecule has 0 fully saturated rings. The number of nitrogen functional groups attached to an aromatic ring is 2. The second-order valence-corrected chi connectivity index (χ2v) is 5.49. The molecule has 2 rings (SSSR count). The number of anilines is 2. The molecule has 0 saturated carbocycles. The molecule has 25 heavy (non-hydrogen) atoms. The first-order chi connectivity index (χ1) is 12.0.